The van der Waals surface area contributed by atoms with E-state index in [1.807, 2.05) is 54.6 Å². The summed E-state index contributed by atoms with van der Waals surface area (Å²) in [6.07, 6.45) is 2.98. The van der Waals surface area contributed by atoms with E-state index in [-0.39, 0.29) is 18.0 Å². The van der Waals surface area contributed by atoms with E-state index < -0.39 is 15.9 Å². The molecule has 7 heteroatoms. The largest absolute Gasteiger partial charge is 0.272 e. The van der Waals surface area contributed by atoms with E-state index in [2.05, 4.69) is 17.5 Å². The minimum absolute atomic E-state index is 0.153. The molecule has 0 aliphatic carbocycles. The van der Waals surface area contributed by atoms with Crippen LogP contribution < -0.4 is 5.43 Å². The van der Waals surface area contributed by atoms with Crippen LogP contribution in [-0.4, -0.2) is 37.9 Å². The lowest BCUT2D eigenvalue weighted by Gasteiger charge is -2.21. The summed E-state index contributed by atoms with van der Waals surface area (Å²) in [5, 5.41) is 3.98. The van der Waals surface area contributed by atoms with E-state index in [0.717, 1.165) is 17.5 Å². The number of nitrogens with zero attached hydrogens (tertiary/aromatic N) is 2. The fraction of sp³-hybridized carbons (Fsp3) is 0.200. The van der Waals surface area contributed by atoms with E-state index in [4.69, 9.17) is 0 Å². The van der Waals surface area contributed by atoms with Crippen molar-refractivity contribution in [2.45, 2.75) is 24.7 Å². The monoisotopic (exact) mass is 449 g/mol. The molecule has 0 radical (unpaired) electrons. The van der Waals surface area contributed by atoms with Gasteiger partial charge in [-0.25, -0.2) is 13.8 Å². The summed E-state index contributed by atoms with van der Waals surface area (Å²) in [6, 6.07) is 25.5. The molecule has 0 aromatic heterocycles. The highest BCUT2D eigenvalue weighted by molar-refractivity contribution is 7.89. The standard InChI is InChI=1S/C25H27N3O3S/c1-2-21-13-15-23(16-14-21)19-26-27-25(29)20-28(18-17-22-9-5-3-6-10-22)32(30,31)24-11-7-4-8-12-24/h3-16,19H,2,17-18,20H2,1H3,(H,27,29)/b26-19-. The lowest BCUT2D eigenvalue weighted by molar-refractivity contribution is -0.121. The molecule has 0 spiro atoms. The van der Waals surface area contributed by atoms with Crippen molar-refractivity contribution in [2.75, 3.05) is 13.1 Å². The van der Waals surface area contributed by atoms with E-state index in [1.54, 1.807) is 18.2 Å². The van der Waals surface area contributed by atoms with Gasteiger partial charge in [0.25, 0.3) is 5.91 Å². The maximum Gasteiger partial charge on any atom is 0.255 e. The van der Waals surface area contributed by atoms with Crippen LogP contribution >= 0.6 is 0 Å². The average molecular weight is 450 g/mol. The van der Waals surface area contributed by atoms with Gasteiger partial charge in [0.1, 0.15) is 0 Å². The predicted octanol–water partition coefficient (Wildman–Crippen LogP) is 3.63. The van der Waals surface area contributed by atoms with E-state index in [9.17, 15) is 13.2 Å². The summed E-state index contributed by atoms with van der Waals surface area (Å²) in [4.78, 5) is 12.7. The summed E-state index contributed by atoms with van der Waals surface area (Å²) in [5.74, 6) is -0.501. The molecule has 0 bridgehead atoms. The second kappa shape index (κ2) is 11.4. The minimum Gasteiger partial charge on any atom is -0.272 e. The number of rotatable bonds is 10. The Balaban J connectivity index is 1.69. The number of hydrogen-bond donors (Lipinski definition) is 1. The smallest absolute Gasteiger partial charge is 0.255 e. The van der Waals surface area contributed by atoms with Crippen LogP contribution in [-0.2, 0) is 27.7 Å². The van der Waals surface area contributed by atoms with Crippen LogP contribution in [0.2, 0.25) is 0 Å². The van der Waals surface area contributed by atoms with Crippen molar-refractivity contribution < 1.29 is 13.2 Å². The molecule has 166 valence electrons. The second-order valence-corrected chi connectivity index (χ2v) is 9.21. The quantitative estimate of drug-likeness (QED) is 0.379. The maximum atomic E-state index is 13.2. The molecule has 0 unspecified atom stereocenters. The Morgan fingerprint density at radius 3 is 2.16 bits per heavy atom. The third-order valence-electron chi connectivity index (χ3n) is 4.98. The Morgan fingerprint density at radius 1 is 0.906 bits per heavy atom. The maximum absolute atomic E-state index is 13.2. The average Bonchev–Trinajstić information content (AvgIpc) is 2.83. The topological polar surface area (TPSA) is 78.8 Å². The first-order valence-electron chi connectivity index (χ1n) is 10.5. The Bertz CT molecular complexity index is 1130. The van der Waals surface area contributed by atoms with Gasteiger partial charge in [-0.2, -0.15) is 9.41 Å². The van der Waals surface area contributed by atoms with Crippen LogP contribution in [0.3, 0.4) is 0 Å². The van der Waals surface area contributed by atoms with Gasteiger partial charge in [0, 0.05) is 6.54 Å². The second-order valence-electron chi connectivity index (χ2n) is 7.28. The summed E-state index contributed by atoms with van der Waals surface area (Å²) in [6.45, 7) is 1.93. The highest BCUT2D eigenvalue weighted by Crippen LogP contribution is 2.16. The van der Waals surface area contributed by atoms with Crippen molar-refractivity contribution in [2.24, 2.45) is 5.10 Å². The number of benzene rings is 3. The molecule has 32 heavy (non-hydrogen) atoms. The number of hydrogen-bond acceptors (Lipinski definition) is 4. The van der Waals surface area contributed by atoms with Crippen LogP contribution in [0.4, 0.5) is 0 Å². The van der Waals surface area contributed by atoms with Gasteiger partial charge in [0.15, 0.2) is 0 Å². The van der Waals surface area contributed by atoms with Crippen LogP contribution in [0.5, 0.6) is 0 Å². The van der Waals surface area contributed by atoms with E-state index in [0.29, 0.717) is 6.42 Å². The summed E-state index contributed by atoms with van der Waals surface area (Å²) in [5.41, 5.74) is 5.49. The third-order valence-corrected chi connectivity index (χ3v) is 6.84. The number of carbonyl (C=O) groups excluding carboxylic acids is 1. The zero-order chi connectivity index (χ0) is 22.8. The minimum atomic E-state index is -3.83. The Morgan fingerprint density at radius 2 is 1.53 bits per heavy atom. The first-order chi connectivity index (χ1) is 15.5. The van der Waals surface area contributed by atoms with Crippen molar-refractivity contribution in [3.05, 3.63) is 102 Å². The molecule has 0 saturated heterocycles. The van der Waals surface area contributed by atoms with Gasteiger partial charge in [-0.05, 0) is 41.7 Å². The fourth-order valence-electron chi connectivity index (χ4n) is 3.14. The van der Waals surface area contributed by atoms with Crippen molar-refractivity contribution in [1.82, 2.24) is 9.73 Å². The van der Waals surface area contributed by atoms with Crippen molar-refractivity contribution in [3.8, 4) is 0 Å². The molecule has 0 aliphatic rings. The normalized spacial score (nSPS) is 11.7. The molecule has 0 fully saturated rings. The molecule has 0 saturated carbocycles. The molecule has 3 rings (SSSR count). The molecule has 1 N–H and O–H groups in total. The van der Waals surface area contributed by atoms with Gasteiger partial charge < -0.3 is 0 Å². The summed E-state index contributed by atoms with van der Waals surface area (Å²) >= 11 is 0. The van der Waals surface area contributed by atoms with Gasteiger partial charge in [-0.1, -0.05) is 79.7 Å². The lowest BCUT2D eigenvalue weighted by atomic mass is 10.1. The SMILES string of the molecule is CCc1ccc(/C=N\NC(=O)CN(CCc2ccccc2)S(=O)(=O)c2ccccc2)cc1. The Labute approximate surface area is 189 Å². The van der Waals surface area contributed by atoms with Crippen LogP contribution in [0.25, 0.3) is 0 Å². The first kappa shape index (κ1) is 23.4. The van der Waals surface area contributed by atoms with Crippen molar-refractivity contribution >= 4 is 22.1 Å². The highest BCUT2D eigenvalue weighted by Gasteiger charge is 2.26. The third kappa shape index (κ3) is 6.60. The molecule has 6 nitrogen and oxygen atoms in total. The van der Waals surface area contributed by atoms with Gasteiger partial charge in [-0.15, -0.1) is 0 Å². The van der Waals surface area contributed by atoms with Crippen LogP contribution in [0.15, 0.2) is 94.9 Å². The molecule has 0 heterocycles. The number of nitrogens with one attached hydrogen (secondary N) is 1. The summed E-state index contributed by atoms with van der Waals surface area (Å²) in [7, 11) is -3.83. The highest BCUT2D eigenvalue weighted by atomic mass is 32.2. The van der Waals surface area contributed by atoms with Gasteiger partial charge in [0.05, 0.1) is 17.7 Å². The van der Waals surface area contributed by atoms with E-state index in [1.165, 1.54) is 28.2 Å². The lowest BCUT2D eigenvalue weighted by Crippen LogP contribution is -2.40. The van der Waals surface area contributed by atoms with Gasteiger partial charge >= 0.3 is 0 Å². The Hall–Kier alpha value is -3.29. The molecule has 0 atom stereocenters. The van der Waals surface area contributed by atoms with Crippen molar-refractivity contribution in [3.63, 3.8) is 0 Å². The fourth-order valence-corrected chi connectivity index (χ4v) is 4.56. The van der Waals surface area contributed by atoms with E-state index >= 15 is 0 Å². The Kier molecular flexibility index (Phi) is 8.30. The van der Waals surface area contributed by atoms with Gasteiger partial charge in [0.2, 0.25) is 10.0 Å². The number of sulfonamides is 1. The molecule has 3 aromatic rings. The number of amides is 1. The number of hydrazone groups is 1. The summed E-state index contributed by atoms with van der Waals surface area (Å²) < 4.78 is 27.5. The number of aryl methyl sites for hydroxylation is 1. The molecular weight excluding hydrogens is 422 g/mol. The van der Waals surface area contributed by atoms with Gasteiger partial charge in [-0.3, -0.25) is 4.79 Å². The molecule has 3 aromatic carbocycles. The van der Waals surface area contributed by atoms with Crippen LogP contribution in [0, 0.1) is 0 Å². The van der Waals surface area contributed by atoms with Crippen molar-refractivity contribution in [1.29, 1.82) is 0 Å². The molecule has 1 amide bonds. The number of carbonyl (C=O) groups is 1. The molecular formula is C25H27N3O3S. The first-order valence-corrected chi connectivity index (χ1v) is 11.9. The predicted molar refractivity (Wildman–Crippen MR) is 127 cm³/mol. The zero-order valence-corrected chi connectivity index (χ0v) is 18.8. The zero-order valence-electron chi connectivity index (χ0n) is 18.0. The molecule has 0 aliphatic heterocycles. The van der Waals surface area contributed by atoms with Crippen LogP contribution in [0.1, 0.15) is 23.6 Å².